The number of rotatable bonds is 1. The fourth-order valence-electron chi connectivity index (χ4n) is 1.14. The second-order valence-electron chi connectivity index (χ2n) is 5.47. The molecule has 0 aromatic carbocycles. The molecule has 22 heavy (non-hydrogen) atoms. The number of aromatic nitrogens is 2. The number of carbonyl (C=O) groups excluding carboxylic acids is 1. The Kier molecular flexibility index (Phi) is 5.91. The Morgan fingerprint density at radius 3 is 1.95 bits per heavy atom. The van der Waals surface area contributed by atoms with Gasteiger partial charge >= 0.3 is 0 Å². The third-order valence-electron chi connectivity index (χ3n) is 2.40. The lowest BCUT2D eigenvalue weighted by Gasteiger charge is -2.16. The predicted octanol–water partition coefficient (Wildman–Crippen LogP) is 3.01. The number of pyridine rings is 2. The first-order valence-electron chi connectivity index (χ1n) is 6.48. The summed E-state index contributed by atoms with van der Waals surface area (Å²) < 4.78 is 24.5. The number of halogens is 2. The molecule has 2 heterocycles. The van der Waals surface area contributed by atoms with Crippen molar-refractivity contribution in [2.75, 3.05) is 11.1 Å². The molecule has 0 unspecified atom stereocenters. The maximum absolute atomic E-state index is 12.5. The van der Waals surface area contributed by atoms with Crippen molar-refractivity contribution < 1.29 is 13.6 Å². The van der Waals surface area contributed by atoms with E-state index in [1.807, 2.05) is 0 Å². The highest BCUT2D eigenvalue weighted by Gasteiger charge is 2.21. The van der Waals surface area contributed by atoms with Crippen molar-refractivity contribution in [2.24, 2.45) is 5.41 Å². The zero-order valence-corrected chi connectivity index (χ0v) is 12.6. The van der Waals surface area contributed by atoms with Gasteiger partial charge in [-0.15, -0.1) is 0 Å². The van der Waals surface area contributed by atoms with Crippen LogP contribution in [0.3, 0.4) is 0 Å². The minimum atomic E-state index is -0.476. The average molecular weight is 308 g/mol. The summed E-state index contributed by atoms with van der Waals surface area (Å²) in [7, 11) is 0. The van der Waals surface area contributed by atoms with E-state index in [0.717, 1.165) is 12.4 Å². The van der Waals surface area contributed by atoms with E-state index in [1.54, 1.807) is 20.8 Å². The van der Waals surface area contributed by atoms with Gasteiger partial charge in [0.1, 0.15) is 23.3 Å². The molecule has 0 saturated heterocycles. The molecule has 2 aromatic rings. The number of nitrogens with zero attached hydrogens (tertiary/aromatic N) is 2. The van der Waals surface area contributed by atoms with Gasteiger partial charge in [0.15, 0.2) is 0 Å². The quantitative estimate of drug-likeness (QED) is 0.848. The summed E-state index contributed by atoms with van der Waals surface area (Å²) in [5, 5.41) is 2.59. The van der Waals surface area contributed by atoms with E-state index in [-0.39, 0.29) is 11.7 Å². The molecule has 0 saturated carbocycles. The highest BCUT2D eigenvalue weighted by atomic mass is 19.1. The molecule has 0 atom stereocenters. The van der Waals surface area contributed by atoms with Gasteiger partial charge in [-0.2, -0.15) is 0 Å². The lowest BCUT2D eigenvalue weighted by molar-refractivity contribution is -0.123. The summed E-state index contributed by atoms with van der Waals surface area (Å²) >= 11 is 0. The van der Waals surface area contributed by atoms with E-state index in [0.29, 0.717) is 11.6 Å². The summed E-state index contributed by atoms with van der Waals surface area (Å²) in [4.78, 5) is 18.7. The molecule has 2 rings (SSSR count). The van der Waals surface area contributed by atoms with Crippen molar-refractivity contribution >= 4 is 17.5 Å². The SMILES string of the molecule is CC(C)(C)C(=O)Nc1ccc(F)cn1.Nc1ccc(F)cn1. The monoisotopic (exact) mass is 308 g/mol. The van der Waals surface area contributed by atoms with E-state index in [2.05, 4.69) is 15.3 Å². The summed E-state index contributed by atoms with van der Waals surface area (Å²) in [6.07, 6.45) is 2.15. The maximum Gasteiger partial charge on any atom is 0.230 e. The van der Waals surface area contributed by atoms with Gasteiger partial charge in [-0.1, -0.05) is 20.8 Å². The Balaban J connectivity index is 0.000000255. The molecule has 0 spiro atoms. The van der Waals surface area contributed by atoms with Gasteiger partial charge in [0.25, 0.3) is 0 Å². The van der Waals surface area contributed by atoms with Crippen LogP contribution in [0.2, 0.25) is 0 Å². The van der Waals surface area contributed by atoms with E-state index >= 15 is 0 Å². The van der Waals surface area contributed by atoms with E-state index in [1.165, 1.54) is 24.3 Å². The molecular formula is C15H18F2N4O. The third kappa shape index (κ3) is 6.25. The number of amides is 1. The highest BCUT2D eigenvalue weighted by molar-refractivity contribution is 5.93. The van der Waals surface area contributed by atoms with Crippen LogP contribution in [-0.4, -0.2) is 15.9 Å². The predicted molar refractivity (Wildman–Crippen MR) is 80.9 cm³/mol. The topological polar surface area (TPSA) is 80.9 Å². The molecule has 0 bridgehead atoms. The van der Waals surface area contributed by atoms with Crippen LogP contribution in [0.15, 0.2) is 36.7 Å². The van der Waals surface area contributed by atoms with Crippen LogP contribution in [0.25, 0.3) is 0 Å². The smallest absolute Gasteiger partial charge is 0.230 e. The van der Waals surface area contributed by atoms with Gasteiger partial charge in [0.2, 0.25) is 5.91 Å². The Labute approximate surface area is 127 Å². The summed E-state index contributed by atoms with van der Waals surface area (Å²) in [6.45, 7) is 5.39. The maximum atomic E-state index is 12.5. The van der Waals surface area contributed by atoms with Gasteiger partial charge in [-0.3, -0.25) is 4.79 Å². The molecule has 0 radical (unpaired) electrons. The zero-order valence-electron chi connectivity index (χ0n) is 12.6. The van der Waals surface area contributed by atoms with Crippen LogP contribution in [0.1, 0.15) is 20.8 Å². The first-order chi connectivity index (χ1) is 10.2. The van der Waals surface area contributed by atoms with Gasteiger partial charge in [0, 0.05) is 5.41 Å². The molecule has 0 aliphatic heterocycles. The Morgan fingerprint density at radius 1 is 1.05 bits per heavy atom. The normalized spacial score (nSPS) is 10.4. The van der Waals surface area contributed by atoms with Crippen molar-refractivity contribution in [3.63, 3.8) is 0 Å². The largest absolute Gasteiger partial charge is 0.384 e. The molecule has 3 N–H and O–H groups in total. The van der Waals surface area contributed by atoms with Crippen molar-refractivity contribution in [1.29, 1.82) is 0 Å². The lowest BCUT2D eigenvalue weighted by Crippen LogP contribution is -2.27. The number of hydrogen-bond donors (Lipinski definition) is 2. The molecule has 5 nitrogen and oxygen atoms in total. The minimum absolute atomic E-state index is 0.142. The van der Waals surface area contributed by atoms with E-state index < -0.39 is 11.2 Å². The molecule has 118 valence electrons. The third-order valence-corrected chi connectivity index (χ3v) is 2.40. The van der Waals surface area contributed by atoms with Crippen LogP contribution in [0.5, 0.6) is 0 Å². The molecule has 0 aliphatic carbocycles. The number of hydrogen-bond acceptors (Lipinski definition) is 4. The number of anilines is 2. The van der Waals surface area contributed by atoms with Gasteiger partial charge in [-0.05, 0) is 24.3 Å². The fraction of sp³-hybridized carbons (Fsp3) is 0.267. The van der Waals surface area contributed by atoms with E-state index in [4.69, 9.17) is 5.73 Å². The summed E-state index contributed by atoms with van der Waals surface area (Å²) in [5.41, 5.74) is 4.67. The molecule has 0 aliphatic rings. The van der Waals surface area contributed by atoms with Crippen molar-refractivity contribution in [2.45, 2.75) is 20.8 Å². The van der Waals surface area contributed by atoms with Crippen LogP contribution in [0.4, 0.5) is 20.4 Å². The molecule has 2 aromatic heterocycles. The minimum Gasteiger partial charge on any atom is -0.384 e. The standard InChI is InChI=1S/C10H13FN2O.C5H5FN2/c1-10(2,3)9(14)13-8-5-4-7(11)6-12-8;6-4-1-2-5(7)8-3-4/h4-6H,1-3H3,(H,12,13,14);1-3H,(H2,7,8). The Hall–Kier alpha value is -2.57. The van der Waals surface area contributed by atoms with Gasteiger partial charge < -0.3 is 11.1 Å². The van der Waals surface area contributed by atoms with Crippen molar-refractivity contribution in [3.8, 4) is 0 Å². The second-order valence-corrected chi connectivity index (χ2v) is 5.47. The second kappa shape index (κ2) is 7.44. The van der Waals surface area contributed by atoms with Crippen LogP contribution in [0, 0.1) is 17.0 Å². The lowest BCUT2D eigenvalue weighted by atomic mass is 9.96. The molecule has 1 amide bonds. The summed E-state index contributed by atoms with van der Waals surface area (Å²) in [6, 6.07) is 5.36. The average Bonchev–Trinajstić information content (AvgIpc) is 2.44. The first-order valence-corrected chi connectivity index (χ1v) is 6.48. The highest BCUT2D eigenvalue weighted by Crippen LogP contribution is 2.15. The molecule has 0 fully saturated rings. The van der Waals surface area contributed by atoms with Gasteiger partial charge in [-0.25, -0.2) is 18.7 Å². The van der Waals surface area contributed by atoms with E-state index in [9.17, 15) is 13.6 Å². The molecule has 7 heteroatoms. The Morgan fingerprint density at radius 2 is 1.59 bits per heavy atom. The Bertz CT molecular complexity index is 586. The number of nitrogens with one attached hydrogen (secondary N) is 1. The zero-order chi connectivity index (χ0) is 16.8. The number of nitrogen functional groups attached to an aromatic ring is 1. The number of nitrogens with two attached hydrogens (primary N) is 1. The number of carbonyl (C=O) groups is 1. The molecular weight excluding hydrogens is 290 g/mol. The van der Waals surface area contributed by atoms with Gasteiger partial charge in [0.05, 0.1) is 12.4 Å². The first kappa shape index (κ1) is 17.5. The van der Waals surface area contributed by atoms with Crippen LogP contribution in [-0.2, 0) is 4.79 Å². The fourth-order valence-corrected chi connectivity index (χ4v) is 1.14. The summed E-state index contributed by atoms with van der Waals surface area (Å²) in [5.74, 6) is -0.215. The van der Waals surface area contributed by atoms with Crippen LogP contribution < -0.4 is 11.1 Å². The van der Waals surface area contributed by atoms with Crippen molar-refractivity contribution in [3.05, 3.63) is 48.3 Å². The van der Waals surface area contributed by atoms with Crippen molar-refractivity contribution in [1.82, 2.24) is 9.97 Å². The van der Waals surface area contributed by atoms with Crippen LogP contribution >= 0.6 is 0 Å².